The second kappa shape index (κ2) is 3.59. The van der Waals surface area contributed by atoms with E-state index in [1.54, 1.807) is 0 Å². The van der Waals surface area contributed by atoms with Gasteiger partial charge in [-0.2, -0.15) is 0 Å². The Labute approximate surface area is 88.4 Å². The van der Waals surface area contributed by atoms with Gasteiger partial charge >= 0.3 is 0 Å². The highest BCUT2D eigenvalue weighted by atomic mass is 16.5. The van der Waals surface area contributed by atoms with E-state index in [1.165, 1.54) is 5.39 Å². The molecular weight excluding hydrogens is 188 g/mol. The van der Waals surface area contributed by atoms with Gasteiger partial charge in [-0.05, 0) is 12.1 Å². The lowest BCUT2D eigenvalue weighted by Gasteiger charge is -2.26. The summed E-state index contributed by atoms with van der Waals surface area (Å²) in [4.78, 5) is 3.21. The van der Waals surface area contributed by atoms with Crippen LogP contribution in [0.2, 0.25) is 0 Å². The van der Waals surface area contributed by atoms with Gasteiger partial charge in [0.25, 0.3) is 0 Å². The molecule has 0 radical (unpaired) electrons. The lowest BCUT2D eigenvalue weighted by atomic mass is 10.1. The summed E-state index contributed by atoms with van der Waals surface area (Å²) >= 11 is 0. The summed E-state index contributed by atoms with van der Waals surface area (Å²) in [7, 11) is 0. The van der Waals surface area contributed by atoms with Crippen molar-refractivity contribution < 1.29 is 4.74 Å². The number of aromatic amines is 1. The van der Waals surface area contributed by atoms with Gasteiger partial charge in [-0.25, -0.2) is 0 Å². The van der Waals surface area contributed by atoms with Crippen molar-refractivity contribution in [2.45, 2.75) is 0 Å². The lowest BCUT2D eigenvalue weighted by Crippen LogP contribution is -2.45. The maximum Gasteiger partial charge on any atom is 0.143 e. The Morgan fingerprint density at radius 3 is 3.00 bits per heavy atom. The molecule has 3 nitrogen and oxygen atoms in total. The van der Waals surface area contributed by atoms with Crippen molar-refractivity contribution in [3.05, 3.63) is 30.5 Å². The number of para-hydroxylation sites is 1. The van der Waals surface area contributed by atoms with Crippen molar-refractivity contribution in [1.29, 1.82) is 0 Å². The fraction of sp³-hybridized carbons (Fsp3) is 0.333. The Morgan fingerprint density at radius 2 is 2.20 bits per heavy atom. The maximum absolute atomic E-state index is 5.81. The molecular formula is C12H14N2O. The molecule has 78 valence electrons. The largest absolute Gasteiger partial charge is 0.491 e. The van der Waals surface area contributed by atoms with E-state index in [0.717, 1.165) is 31.0 Å². The fourth-order valence-electron chi connectivity index (χ4n) is 1.85. The van der Waals surface area contributed by atoms with E-state index in [1.807, 2.05) is 18.3 Å². The zero-order chi connectivity index (χ0) is 10.1. The molecule has 0 spiro atoms. The summed E-state index contributed by atoms with van der Waals surface area (Å²) in [5.74, 6) is 1.64. The molecule has 0 atom stereocenters. The van der Waals surface area contributed by atoms with E-state index in [-0.39, 0.29) is 0 Å². The summed E-state index contributed by atoms with van der Waals surface area (Å²) in [6.07, 6.45) is 1.95. The highest BCUT2D eigenvalue weighted by Crippen LogP contribution is 2.24. The van der Waals surface area contributed by atoms with E-state index in [2.05, 4.69) is 22.4 Å². The summed E-state index contributed by atoms with van der Waals surface area (Å²) < 4.78 is 5.81. The van der Waals surface area contributed by atoms with Crippen molar-refractivity contribution in [3.8, 4) is 5.75 Å². The van der Waals surface area contributed by atoms with Gasteiger partial charge in [0.15, 0.2) is 0 Å². The zero-order valence-corrected chi connectivity index (χ0v) is 8.49. The van der Waals surface area contributed by atoms with E-state index in [9.17, 15) is 0 Å². The van der Waals surface area contributed by atoms with Gasteiger partial charge in [-0.15, -0.1) is 0 Å². The molecule has 2 heterocycles. The molecule has 1 fully saturated rings. The van der Waals surface area contributed by atoms with Crippen LogP contribution in [0.25, 0.3) is 10.9 Å². The minimum absolute atomic E-state index is 0.676. The molecule has 2 N–H and O–H groups in total. The first-order valence-electron chi connectivity index (χ1n) is 5.33. The quantitative estimate of drug-likeness (QED) is 0.795. The number of fused-ring (bicyclic) bond motifs is 1. The van der Waals surface area contributed by atoms with Gasteiger partial charge in [0, 0.05) is 30.6 Å². The second-order valence-corrected chi connectivity index (χ2v) is 4.03. The Bertz CT molecular complexity index is 459. The summed E-state index contributed by atoms with van der Waals surface area (Å²) in [6.45, 7) is 2.98. The molecule has 2 aromatic rings. The Morgan fingerprint density at radius 1 is 1.27 bits per heavy atom. The highest BCUT2D eigenvalue weighted by molar-refractivity contribution is 5.85. The Balaban J connectivity index is 1.80. The third-order valence-corrected chi connectivity index (χ3v) is 2.89. The number of nitrogens with one attached hydrogen (secondary N) is 2. The van der Waals surface area contributed by atoms with Gasteiger partial charge in [0.05, 0.1) is 12.1 Å². The Kier molecular flexibility index (Phi) is 2.10. The summed E-state index contributed by atoms with van der Waals surface area (Å²) in [5.41, 5.74) is 1.10. The first-order valence-corrected chi connectivity index (χ1v) is 5.33. The van der Waals surface area contributed by atoms with Crippen LogP contribution in [0.3, 0.4) is 0 Å². The molecule has 0 bridgehead atoms. The van der Waals surface area contributed by atoms with E-state index in [4.69, 9.17) is 4.74 Å². The molecule has 3 heteroatoms. The fourth-order valence-corrected chi connectivity index (χ4v) is 1.85. The predicted molar refractivity (Wildman–Crippen MR) is 60.2 cm³/mol. The second-order valence-electron chi connectivity index (χ2n) is 4.03. The topological polar surface area (TPSA) is 37.0 Å². The average molecular weight is 202 g/mol. The van der Waals surface area contributed by atoms with E-state index in [0.29, 0.717) is 5.92 Å². The average Bonchev–Trinajstić information content (AvgIpc) is 2.63. The Hall–Kier alpha value is -1.48. The molecule has 1 aliphatic heterocycles. The molecule has 0 unspecified atom stereocenters. The van der Waals surface area contributed by atoms with Crippen molar-refractivity contribution >= 4 is 10.9 Å². The molecule has 0 amide bonds. The smallest absolute Gasteiger partial charge is 0.143 e. The van der Waals surface area contributed by atoms with Crippen LogP contribution in [-0.4, -0.2) is 24.7 Å². The van der Waals surface area contributed by atoms with Crippen molar-refractivity contribution in [2.75, 3.05) is 19.7 Å². The molecule has 15 heavy (non-hydrogen) atoms. The van der Waals surface area contributed by atoms with Crippen LogP contribution >= 0.6 is 0 Å². The number of aromatic nitrogens is 1. The van der Waals surface area contributed by atoms with Crippen LogP contribution in [0.1, 0.15) is 0 Å². The van der Waals surface area contributed by atoms with E-state index < -0.39 is 0 Å². The maximum atomic E-state index is 5.81. The van der Waals surface area contributed by atoms with Gasteiger partial charge in [0.2, 0.25) is 0 Å². The molecule has 1 aromatic heterocycles. The van der Waals surface area contributed by atoms with Crippen LogP contribution in [0.4, 0.5) is 0 Å². The van der Waals surface area contributed by atoms with Gasteiger partial charge < -0.3 is 15.0 Å². The molecule has 0 aliphatic carbocycles. The monoisotopic (exact) mass is 202 g/mol. The van der Waals surface area contributed by atoms with Crippen LogP contribution in [-0.2, 0) is 0 Å². The molecule has 0 saturated carbocycles. The van der Waals surface area contributed by atoms with E-state index >= 15 is 0 Å². The third kappa shape index (κ3) is 1.59. The number of H-pyrrole nitrogens is 1. The number of hydrogen-bond donors (Lipinski definition) is 2. The number of rotatable bonds is 3. The SMILES string of the molecule is c1cc(OCC2CNC2)c2[nH]ccc2c1. The van der Waals surface area contributed by atoms with Crippen molar-refractivity contribution in [1.82, 2.24) is 10.3 Å². The van der Waals surface area contributed by atoms with Gasteiger partial charge in [-0.3, -0.25) is 0 Å². The van der Waals surface area contributed by atoms with Gasteiger partial charge in [-0.1, -0.05) is 12.1 Å². The summed E-state index contributed by atoms with van der Waals surface area (Å²) in [5, 5.41) is 4.45. The molecule has 1 aliphatic rings. The standard InChI is InChI=1S/C12H14N2O/c1-2-10-4-5-14-12(10)11(3-1)15-8-9-6-13-7-9/h1-5,9,13-14H,6-8H2. The van der Waals surface area contributed by atoms with Crippen LogP contribution in [0.5, 0.6) is 5.75 Å². The van der Waals surface area contributed by atoms with Gasteiger partial charge in [0.1, 0.15) is 5.75 Å². The van der Waals surface area contributed by atoms with Crippen LogP contribution in [0, 0.1) is 5.92 Å². The number of benzene rings is 1. The molecule has 3 rings (SSSR count). The number of ether oxygens (including phenoxy) is 1. The van der Waals surface area contributed by atoms with Crippen LogP contribution < -0.4 is 10.1 Å². The third-order valence-electron chi connectivity index (χ3n) is 2.89. The highest BCUT2D eigenvalue weighted by Gasteiger charge is 2.17. The van der Waals surface area contributed by atoms with Crippen molar-refractivity contribution in [3.63, 3.8) is 0 Å². The molecule has 1 saturated heterocycles. The zero-order valence-electron chi connectivity index (χ0n) is 8.49. The predicted octanol–water partition coefficient (Wildman–Crippen LogP) is 1.77. The first-order chi connectivity index (χ1) is 7.43. The molecule has 1 aromatic carbocycles. The minimum Gasteiger partial charge on any atom is -0.491 e. The van der Waals surface area contributed by atoms with Crippen molar-refractivity contribution in [2.24, 2.45) is 5.92 Å². The summed E-state index contributed by atoms with van der Waals surface area (Å²) in [6, 6.07) is 8.20. The minimum atomic E-state index is 0.676. The number of hydrogen-bond acceptors (Lipinski definition) is 2. The normalized spacial score (nSPS) is 16.5. The first kappa shape index (κ1) is 8.80. The van der Waals surface area contributed by atoms with Crippen LogP contribution in [0.15, 0.2) is 30.5 Å². The lowest BCUT2D eigenvalue weighted by molar-refractivity contribution is 0.200.